The van der Waals surface area contributed by atoms with E-state index in [1.807, 2.05) is 6.08 Å². The lowest BCUT2D eigenvalue weighted by molar-refractivity contribution is -0.166. The SMILES string of the molecule is CC/C=C\C/C=C\C/C=C\C/C=C\C/C=C\C/C=C\CCC(=O)OC[C@H](COC(=O)CCCCCCCCCCCCC/C=C\CCCCCCCC)OC(=O)CCCCCCC/C=C\C/C=C\CCCCC. The first-order valence-corrected chi connectivity index (χ1v) is 30.4. The second-order valence-corrected chi connectivity index (χ2v) is 19.9. The molecule has 0 unspecified atom stereocenters. The molecule has 0 aliphatic heterocycles. The van der Waals surface area contributed by atoms with Gasteiger partial charge in [0.05, 0.1) is 0 Å². The Hall–Kier alpha value is -3.93. The third kappa shape index (κ3) is 58.8. The third-order valence-electron chi connectivity index (χ3n) is 12.7. The Bertz CT molecular complexity index is 1490. The van der Waals surface area contributed by atoms with Crippen LogP contribution in [0.1, 0.15) is 278 Å². The number of hydrogen-bond acceptors (Lipinski definition) is 6. The Kier molecular flexibility index (Phi) is 57.4. The molecule has 0 amide bonds. The Labute approximate surface area is 450 Å². The molecule has 0 radical (unpaired) electrons. The van der Waals surface area contributed by atoms with Gasteiger partial charge in [-0.05, 0) is 116 Å². The van der Waals surface area contributed by atoms with Crippen molar-refractivity contribution in [2.45, 2.75) is 284 Å². The van der Waals surface area contributed by atoms with Gasteiger partial charge in [-0.25, -0.2) is 0 Å². The summed E-state index contributed by atoms with van der Waals surface area (Å²) in [5.41, 5.74) is 0. The molecule has 1 atom stereocenters. The zero-order chi connectivity index (χ0) is 52.9. The highest BCUT2D eigenvalue weighted by atomic mass is 16.6. The lowest BCUT2D eigenvalue weighted by Gasteiger charge is -2.18. The van der Waals surface area contributed by atoms with Gasteiger partial charge in [-0.2, -0.15) is 0 Å². The molecule has 0 bridgehead atoms. The van der Waals surface area contributed by atoms with Crippen LogP contribution in [0, 0.1) is 0 Å². The van der Waals surface area contributed by atoms with E-state index in [1.165, 1.54) is 128 Å². The molecule has 0 spiro atoms. The van der Waals surface area contributed by atoms with Crippen molar-refractivity contribution in [2.24, 2.45) is 0 Å². The van der Waals surface area contributed by atoms with E-state index in [0.29, 0.717) is 19.3 Å². The predicted molar refractivity (Wildman–Crippen MR) is 316 cm³/mol. The van der Waals surface area contributed by atoms with E-state index < -0.39 is 6.10 Å². The van der Waals surface area contributed by atoms with Crippen LogP contribution in [-0.2, 0) is 28.6 Å². The van der Waals surface area contributed by atoms with Crippen LogP contribution in [0.2, 0.25) is 0 Å². The Morgan fingerprint density at radius 3 is 0.959 bits per heavy atom. The second kappa shape index (κ2) is 60.6. The summed E-state index contributed by atoms with van der Waals surface area (Å²) in [6.07, 6.45) is 82.4. The van der Waals surface area contributed by atoms with Gasteiger partial charge in [-0.1, -0.05) is 252 Å². The number of carbonyl (C=O) groups is 3. The van der Waals surface area contributed by atoms with Crippen molar-refractivity contribution in [1.29, 1.82) is 0 Å². The minimum absolute atomic E-state index is 0.108. The molecular formula is C67H112O6. The van der Waals surface area contributed by atoms with Crippen LogP contribution in [0.25, 0.3) is 0 Å². The van der Waals surface area contributed by atoms with Crippen LogP contribution in [0.3, 0.4) is 0 Å². The Morgan fingerprint density at radius 2 is 0.562 bits per heavy atom. The summed E-state index contributed by atoms with van der Waals surface area (Å²) >= 11 is 0. The molecule has 0 saturated carbocycles. The molecule has 0 aromatic heterocycles. The van der Waals surface area contributed by atoms with Crippen LogP contribution in [-0.4, -0.2) is 37.2 Å². The highest BCUT2D eigenvalue weighted by molar-refractivity contribution is 5.71. The molecule has 0 aliphatic carbocycles. The number of allylic oxidation sites excluding steroid dienone is 18. The van der Waals surface area contributed by atoms with E-state index in [0.717, 1.165) is 103 Å². The van der Waals surface area contributed by atoms with E-state index in [1.54, 1.807) is 0 Å². The molecule has 416 valence electrons. The van der Waals surface area contributed by atoms with Crippen molar-refractivity contribution in [2.75, 3.05) is 13.2 Å². The van der Waals surface area contributed by atoms with E-state index in [2.05, 4.69) is 124 Å². The maximum absolute atomic E-state index is 12.9. The van der Waals surface area contributed by atoms with Gasteiger partial charge < -0.3 is 14.2 Å². The highest BCUT2D eigenvalue weighted by Crippen LogP contribution is 2.15. The van der Waals surface area contributed by atoms with Gasteiger partial charge in [0, 0.05) is 19.3 Å². The Morgan fingerprint density at radius 1 is 0.288 bits per heavy atom. The topological polar surface area (TPSA) is 78.9 Å². The van der Waals surface area contributed by atoms with E-state index >= 15 is 0 Å². The predicted octanol–water partition coefficient (Wildman–Crippen LogP) is 20.7. The van der Waals surface area contributed by atoms with Crippen molar-refractivity contribution in [3.05, 3.63) is 109 Å². The minimum Gasteiger partial charge on any atom is -0.462 e. The minimum atomic E-state index is -0.819. The molecule has 0 aromatic carbocycles. The summed E-state index contributed by atoms with van der Waals surface area (Å²) in [4.78, 5) is 38.2. The fourth-order valence-electron chi connectivity index (χ4n) is 8.20. The second-order valence-electron chi connectivity index (χ2n) is 19.9. The maximum Gasteiger partial charge on any atom is 0.306 e. The molecule has 73 heavy (non-hydrogen) atoms. The summed E-state index contributed by atoms with van der Waals surface area (Å²) in [7, 11) is 0. The largest absolute Gasteiger partial charge is 0.462 e. The zero-order valence-corrected chi connectivity index (χ0v) is 47.6. The van der Waals surface area contributed by atoms with Crippen molar-refractivity contribution < 1.29 is 28.6 Å². The average molecular weight is 1010 g/mol. The lowest BCUT2D eigenvalue weighted by atomic mass is 10.0. The van der Waals surface area contributed by atoms with E-state index in [4.69, 9.17) is 14.2 Å². The fraction of sp³-hybridized carbons (Fsp3) is 0.687. The van der Waals surface area contributed by atoms with Crippen LogP contribution in [0.5, 0.6) is 0 Å². The monoisotopic (exact) mass is 1010 g/mol. The number of esters is 3. The summed E-state index contributed by atoms with van der Waals surface area (Å²) in [6, 6.07) is 0. The van der Waals surface area contributed by atoms with Gasteiger partial charge >= 0.3 is 17.9 Å². The lowest BCUT2D eigenvalue weighted by Crippen LogP contribution is -2.30. The van der Waals surface area contributed by atoms with Gasteiger partial charge in [0.2, 0.25) is 0 Å². The van der Waals surface area contributed by atoms with Gasteiger partial charge in [-0.3, -0.25) is 14.4 Å². The van der Waals surface area contributed by atoms with Gasteiger partial charge in [0.15, 0.2) is 6.10 Å². The summed E-state index contributed by atoms with van der Waals surface area (Å²) in [5.74, 6) is -1.01. The van der Waals surface area contributed by atoms with Crippen molar-refractivity contribution >= 4 is 17.9 Å². The van der Waals surface area contributed by atoms with Gasteiger partial charge in [0.25, 0.3) is 0 Å². The summed E-state index contributed by atoms with van der Waals surface area (Å²) < 4.78 is 16.8. The van der Waals surface area contributed by atoms with Crippen molar-refractivity contribution in [1.82, 2.24) is 0 Å². The van der Waals surface area contributed by atoms with Gasteiger partial charge in [-0.15, -0.1) is 0 Å². The number of hydrogen-bond donors (Lipinski definition) is 0. The summed E-state index contributed by atoms with van der Waals surface area (Å²) in [6.45, 7) is 6.43. The molecular weight excluding hydrogens is 901 g/mol. The number of ether oxygens (including phenoxy) is 3. The molecule has 0 fully saturated rings. The third-order valence-corrected chi connectivity index (χ3v) is 12.7. The van der Waals surface area contributed by atoms with Crippen molar-refractivity contribution in [3.8, 4) is 0 Å². The molecule has 0 aromatic rings. The Balaban J connectivity index is 4.47. The van der Waals surface area contributed by atoms with Crippen LogP contribution in [0.15, 0.2) is 109 Å². The zero-order valence-electron chi connectivity index (χ0n) is 47.6. The normalized spacial score (nSPS) is 12.9. The number of rotatable bonds is 54. The number of unbranched alkanes of at least 4 members (excludes halogenated alkanes) is 25. The standard InChI is InChI=1S/C67H112O6/c1-4-7-10-13-16-19-22-25-28-30-32-33-35-37-40-42-45-48-51-54-57-60-66(69)72-63-64(73-67(70)61-58-55-52-49-46-43-38-27-24-21-18-15-12-9-6-3)62-71-65(68)59-56-53-50-47-44-41-39-36-34-31-29-26-23-20-17-14-11-8-5-2/h8,11,17-18,20-21,25-29,34,36,38,41,44,50,53,64H,4-7,9-10,12-16,19,22-24,30-33,35,37,39-40,42-43,45-49,51-52,54-63H2,1-3H3/b11-8-,20-17-,21-18-,28-25-,29-26-,36-34-,38-27-,44-41-,53-50-/t64-/m1/s1. The molecule has 0 heterocycles. The van der Waals surface area contributed by atoms with Crippen LogP contribution >= 0.6 is 0 Å². The van der Waals surface area contributed by atoms with Gasteiger partial charge in [0.1, 0.15) is 13.2 Å². The molecule has 0 rings (SSSR count). The van der Waals surface area contributed by atoms with Crippen molar-refractivity contribution in [3.63, 3.8) is 0 Å². The summed E-state index contributed by atoms with van der Waals surface area (Å²) in [5, 5.41) is 0. The number of carbonyl (C=O) groups excluding carboxylic acids is 3. The molecule has 6 heteroatoms. The van der Waals surface area contributed by atoms with Crippen LogP contribution < -0.4 is 0 Å². The van der Waals surface area contributed by atoms with Crippen LogP contribution in [0.4, 0.5) is 0 Å². The first kappa shape index (κ1) is 69.1. The fourth-order valence-corrected chi connectivity index (χ4v) is 8.20. The smallest absolute Gasteiger partial charge is 0.306 e. The van der Waals surface area contributed by atoms with E-state index in [9.17, 15) is 14.4 Å². The maximum atomic E-state index is 12.9. The average Bonchev–Trinajstić information content (AvgIpc) is 3.39. The first-order valence-electron chi connectivity index (χ1n) is 30.4. The molecule has 0 aliphatic rings. The van der Waals surface area contributed by atoms with E-state index in [-0.39, 0.29) is 37.5 Å². The quantitative estimate of drug-likeness (QED) is 0.0261. The first-order chi connectivity index (χ1) is 36.0. The molecule has 0 saturated heterocycles. The molecule has 6 nitrogen and oxygen atoms in total. The highest BCUT2D eigenvalue weighted by Gasteiger charge is 2.19. The molecule has 0 N–H and O–H groups in total.